The van der Waals surface area contributed by atoms with Gasteiger partial charge in [0.05, 0.1) is 11.6 Å². The Kier molecular flexibility index (Phi) is 10.4. The molecule has 4 rings (SSSR count). The predicted molar refractivity (Wildman–Crippen MR) is 171 cm³/mol. The van der Waals surface area contributed by atoms with Gasteiger partial charge in [-0.3, -0.25) is 19.4 Å². The molecule has 0 bridgehead atoms. The molecule has 0 N–H and O–H groups in total. The van der Waals surface area contributed by atoms with Gasteiger partial charge in [0, 0.05) is 41.8 Å². The second-order valence-corrected chi connectivity index (χ2v) is 15.4. The van der Waals surface area contributed by atoms with Crippen LogP contribution < -0.4 is 0 Å². The van der Waals surface area contributed by atoms with Gasteiger partial charge in [-0.1, -0.05) is 74.6 Å². The molecule has 2 heterocycles. The van der Waals surface area contributed by atoms with Crippen LogP contribution in [0.5, 0.6) is 0 Å². The minimum Gasteiger partial charge on any atom is -0.311 e. The summed E-state index contributed by atoms with van der Waals surface area (Å²) >= 11 is 18.7. The van der Waals surface area contributed by atoms with Crippen LogP contribution >= 0.6 is 34.8 Å². The minimum absolute atomic E-state index is 0.0281. The van der Waals surface area contributed by atoms with Gasteiger partial charge in [0.2, 0.25) is 11.8 Å². The van der Waals surface area contributed by atoms with Gasteiger partial charge in [0.15, 0.2) is 0 Å². The number of nitrogens with zero attached hydrogens (tertiary/aromatic N) is 4. The molecule has 2 atom stereocenters. The smallest absolute Gasteiger partial charge is 0.267 e. The molecule has 0 saturated carbocycles. The van der Waals surface area contributed by atoms with Crippen molar-refractivity contribution in [3.63, 3.8) is 0 Å². The third-order valence-electron chi connectivity index (χ3n) is 7.47. The van der Waals surface area contributed by atoms with E-state index in [4.69, 9.17) is 34.8 Å². The van der Waals surface area contributed by atoms with Gasteiger partial charge in [0.1, 0.15) is 22.8 Å². The zero-order valence-corrected chi connectivity index (χ0v) is 28.4. The molecule has 43 heavy (non-hydrogen) atoms. The first-order chi connectivity index (χ1) is 20.1. The van der Waals surface area contributed by atoms with Crippen LogP contribution in [-0.2, 0) is 26.0 Å². The van der Waals surface area contributed by atoms with Crippen molar-refractivity contribution in [1.29, 1.82) is 0 Å². The Morgan fingerprint density at radius 1 is 0.860 bits per heavy atom. The normalized spacial score (nSPS) is 19.7. The zero-order valence-electron chi connectivity index (χ0n) is 25.3. The van der Waals surface area contributed by atoms with E-state index < -0.39 is 22.1 Å². The van der Waals surface area contributed by atoms with Gasteiger partial charge in [0.25, 0.3) is 10.0 Å². The van der Waals surface area contributed by atoms with Crippen molar-refractivity contribution in [3.8, 4) is 0 Å². The van der Waals surface area contributed by atoms with Gasteiger partial charge >= 0.3 is 0 Å². The van der Waals surface area contributed by atoms with Crippen molar-refractivity contribution < 1.29 is 18.0 Å². The molecular formula is C31H39Cl3N4O4S. The van der Waals surface area contributed by atoms with Crippen LogP contribution in [0.3, 0.4) is 0 Å². The lowest BCUT2D eigenvalue weighted by Crippen LogP contribution is -2.68. The average molecular weight is 670 g/mol. The summed E-state index contributed by atoms with van der Waals surface area (Å²) in [5, 5.41) is 0.820. The minimum atomic E-state index is -4.30. The summed E-state index contributed by atoms with van der Waals surface area (Å²) in [6, 6.07) is 9.22. The quantitative estimate of drug-likeness (QED) is 0.305. The lowest BCUT2D eigenvalue weighted by atomic mass is 9.98. The van der Waals surface area contributed by atoms with Gasteiger partial charge in [-0.05, 0) is 61.6 Å². The molecule has 2 aliphatic heterocycles. The third kappa shape index (κ3) is 7.17. The Balaban J connectivity index is 1.93. The fourth-order valence-corrected chi connectivity index (χ4v) is 7.95. The Morgan fingerprint density at radius 3 is 1.98 bits per heavy atom. The van der Waals surface area contributed by atoms with Crippen LogP contribution in [0.2, 0.25) is 15.1 Å². The standard InChI is InChI=1S/C31H39Cl3N4O4S/c1-19(2)15-35(16-20(3)4)27-17-37(43(41,42)28-12-11-24(33)14-25(28)34)29-18-36(21(5)6)30(39)26(38(29)31(27)40)13-22-7-9-23(32)10-8-22/h7-12,14,18-21,26-27H,13,15-17H2,1-6H3. The van der Waals surface area contributed by atoms with E-state index in [9.17, 15) is 18.0 Å². The fraction of sp³-hybridized carbons (Fsp3) is 0.484. The van der Waals surface area contributed by atoms with E-state index in [2.05, 4.69) is 27.7 Å². The van der Waals surface area contributed by atoms with Crippen molar-refractivity contribution in [2.45, 2.75) is 71.0 Å². The lowest BCUT2D eigenvalue weighted by molar-refractivity contribution is -0.153. The summed E-state index contributed by atoms with van der Waals surface area (Å²) in [5.74, 6) is -0.0542. The van der Waals surface area contributed by atoms with Crippen LogP contribution in [0.15, 0.2) is 59.4 Å². The molecular weight excluding hydrogens is 631 g/mol. The van der Waals surface area contributed by atoms with Gasteiger partial charge in [-0.15, -0.1) is 0 Å². The van der Waals surface area contributed by atoms with E-state index in [1.165, 1.54) is 38.5 Å². The van der Waals surface area contributed by atoms with Crippen LogP contribution in [0.4, 0.5) is 0 Å². The molecule has 1 fully saturated rings. The summed E-state index contributed by atoms with van der Waals surface area (Å²) in [5.41, 5.74) is 0.791. The highest BCUT2D eigenvalue weighted by atomic mass is 35.5. The van der Waals surface area contributed by atoms with Crippen LogP contribution in [-0.4, -0.2) is 77.0 Å². The van der Waals surface area contributed by atoms with Crippen molar-refractivity contribution in [3.05, 3.63) is 75.1 Å². The van der Waals surface area contributed by atoms with Crippen molar-refractivity contribution in [1.82, 2.24) is 19.0 Å². The molecule has 2 aliphatic rings. The van der Waals surface area contributed by atoms with E-state index in [0.717, 1.165) is 5.56 Å². The highest BCUT2D eigenvalue weighted by Crippen LogP contribution is 2.37. The topological polar surface area (TPSA) is 81.2 Å². The summed E-state index contributed by atoms with van der Waals surface area (Å²) < 4.78 is 30.1. The molecule has 0 aromatic heterocycles. The van der Waals surface area contributed by atoms with Crippen LogP contribution in [0.25, 0.3) is 0 Å². The molecule has 2 aromatic rings. The van der Waals surface area contributed by atoms with Crippen LogP contribution in [0.1, 0.15) is 47.1 Å². The number of fused-ring (bicyclic) bond motifs is 1. The number of benzene rings is 2. The lowest BCUT2D eigenvalue weighted by Gasteiger charge is -2.51. The number of sulfonamides is 1. The Labute approximate surface area is 270 Å². The zero-order chi connectivity index (χ0) is 31.8. The maximum absolute atomic E-state index is 14.5. The SMILES string of the molecule is CC(C)CN(CC(C)C)C1CN(S(=O)(=O)c2ccc(Cl)cc2Cl)C2=CN(C(C)C)C(=O)C(Cc3ccc(Cl)cc3)N2C1=O. The number of carbonyl (C=O) groups is 2. The molecule has 2 amide bonds. The van der Waals surface area contributed by atoms with E-state index in [1.807, 2.05) is 30.9 Å². The van der Waals surface area contributed by atoms with E-state index in [1.54, 1.807) is 12.1 Å². The molecule has 2 aromatic carbocycles. The van der Waals surface area contributed by atoms with Crippen molar-refractivity contribution in [2.75, 3.05) is 19.6 Å². The third-order valence-corrected chi connectivity index (χ3v) is 10.2. The Morgan fingerprint density at radius 2 is 1.44 bits per heavy atom. The molecule has 0 aliphatic carbocycles. The molecule has 234 valence electrons. The first kappa shape index (κ1) is 33.6. The Hall–Kier alpha value is -2.30. The number of hydrogen-bond acceptors (Lipinski definition) is 5. The maximum Gasteiger partial charge on any atom is 0.267 e. The first-order valence-electron chi connectivity index (χ1n) is 14.4. The first-order valence-corrected chi connectivity index (χ1v) is 17.0. The fourth-order valence-electron chi connectivity index (χ4n) is 5.62. The monoisotopic (exact) mass is 668 g/mol. The summed E-state index contributed by atoms with van der Waals surface area (Å²) in [6.45, 7) is 12.9. The van der Waals surface area contributed by atoms with E-state index >= 15 is 0 Å². The predicted octanol–water partition coefficient (Wildman–Crippen LogP) is 6.12. The summed E-state index contributed by atoms with van der Waals surface area (Å²) in [6.07, 6.45) is 1.66. The highest BCUT2D eigenvalue weighted by Gasteiger charge is 2.51. The summed E-state index contributed by atoms with van der Waals surface area (Å²) in [7, 11) is -4.30. The molecule has 0 spiro atoms. The average Bonchev–Trinajstić information content (AvgIpc) is 2.90. The number of hydrogen-bond donors (Lipinski definition) is 0. The van der Waals surface area contributed by atoms with Crippen molar-refractivity contribution in [2.24, 2.45) is 11.8 Å². The number of carbonyl (C=O) groups excluding carboxylic acids is 2. The molecule has 0 radical (unpaired) electrons. The largest absolute Gasteiger partial charge is 0.311 e. The molecule has 12 heteroatoms. The van der Waals surface area contributed by atoms with Crippen LogP contribution in [0, 0.1) is 11.8 Å². The second-order valence-electron chi connectivity index (χ2n) is 12.2. The van der Waals surface area contributed by atoms with E-state index in [-0.39, 0.29) is 58.4 Å². The number of halogens is 3. The van der Waals surface area contributed by atoms with Gasteiger partial charge in [-0.2, -0.15) is 0 Å². The van der Waals surface area contributed by atoms with E-state index in [0.29, 0.717) is 23.1 Å². The summed E-state index contributed by atoms with van der Waals surface area (Å²) in [4.78, 5) is 33.4. The van der Waals surface area contributed by atoms with Gasteiger partial charge < -0.3 is 4.90 Å². The maximum atomic E-state index is 14.5. The molecule has 1 saturated heterocycles. The Bertz CT molecular complexity index is 1480. The van der Waals surface area contributed by atoms with Crippen molar-refractivity contribution >= 4 is 56.6 Å². The second kappa shape index (κ2) is 13.4. The number of amides is 2. The van der Waals surface area contributed by atoms with Gasteiger partial charge in [-0.25, -0.2) is 12.7 Å². The molecule has 2 unspecified atom stereocenters. The molecule has 8 nitrogen and oxygen atoms in total. The highest BCUT2D eigenvalue weighted by molar-refractivity contribution is 7.89. The number of rotatable bonds is 10.